The highest BCUT2D eigenvalue weighted by atomic mass is 16.7. The normalized spacial score (nSPS) is 33.9. The number of hydrogen-bond donors (Lipinski definition) is 0. The predicted octanol–water partition coefficient (Wildman–Crippen LogP) is 4.38. The first kappa shape index (κ1) is 12.6. The fraction of sp³-hybridized carbons (Fsp3) is 0.611. The first-order valence-corrected chi connectivity index (χ1v) is 7.74. The molecule has 2 heteroatoms. The lowest BCUT2D eigenvalue weighted by Gasteiger charge is -2.39. The van der Waals surface area contributed by atoms with Gasteiger partial charge in [0.05, 0.1) is 0 Å². The highest BCUT2D eigenvalue weighted by molar-refractivity contribution is 5.45. The lowest BCUT2D eigenvalue weighted by molar-refractivity contribution is 0.163. The topological polar surface area (TPSA) is 18.5 Å². The van der Waals surface area contributed by atoms with Crippen molar-refractivity contribution < 1.29 is 9.47 Å². The Morgan fingerprint density at radius 3 is 2.65 bits per heavy atom. The van der Waals surface area contributed by atoms with Crippen LogP contribution < -0.4 is 9.47 Å². The van der Waals surface area contributed by atoms with E-state index in [1.165, 1.54) is 24.8 Å². The minimum absolute atomic E-state index is 0.363. The van der Waals surface area contributed by atoms with E-state index >= 15 is 0 Å². The summed E-state index contributed by atoms with van der Waals surface area (Å²) in [6, 6.07) is 6.42. The molecule has 1 aromatic rings. The first-order chi connectivity index (χ1) is 9.50. The fourth-order valence-corrected chi connectivity index (χ4v) is 4.67. The van der Waals surface area contributed by atoms with Crippen molar-refractivity contribution >= 4 is 0 Å². The standard InChI is InChI=1S/C18H23O2/c1-17(2)13-6-7-18(17,3)14(10-13)8-12-4-5-15-16(9-12)20-11-19-15/h4-5,9,13H,6-8,10-11H2,1-3H3. The average Bonchev–Trinajstić information content (AvgIpc) is 3.00. The fourth-order valence-electron chi connectivity index (χ4n) is 4.67. The van der Waals surface area contributed by atoms with Crippen LogP contribution in [0.15, 0.2) is 18.2 Å². The quantitative estimate of drug-likeness (QED) is 0.794. The Bertz CT molecular complexity index is 548. The molecule has 1 radical (unpaired) electrons. The number of ether oxygens (including phenoxy) is 2. The summed E-state index contributed by atoms with van der Waals surface area (Å²) in [6.45, 7) is 7.79. The summed E-state index contributed by atoms with van der Waals surface area (Å²) in [7, 11) is 0. The van der Waals surface area contributed by atoms with Crippen LogP contribution in [0.1, 0.15) is 45.6 Å². The molecule has 2 fully saturated rings. The van der Waals surface area contributed by atoms with Gasteiger partial charge in [-0.25, -0.2) is 0 Å². The molecule has 2 unspecified atom stereocenters. The van der Waals surface area contributed by atoms with Gasteiger partial charge in [-0.3, -0.25) is 0 Å². The summed E-state index contributed by atoms with van der Waals surface area (Å²) in [5, 5.41) is 0. The molecule has 0 aromatic heterocycles. The predicted molar refractivity (Wildman–Crippen MR) is 78.7 cm³/mol. The Morgan fingerprint density at radius 1 is 1.15 bits per heavy atom. The van der Waals surface area contributed by atoms with Crippen molar-refractivity contribution in [3.63, 3.8) is 0 Å². The third kappa shape index (κ3) is 1.51. The Labute approximate surface area is 121 Å². The van der Waals surface area contributed by atoms with E-state index in [0.29, 0.717) is 17.6 Å². The molecule has 3 aliphatic rings. The van der Waals surface area contributed by atoms with Gasteiger partial charge in [-0.05, 0) is 66.0 Å². The molecule has 2 saturated carbocycles. The number of benzene rings is 1. The zero-order valence-corrected chi connectivity index (χ0v) is 12.7. The van der Waals surface area contributed by atoms with E-state index in [-0.39, 0.29) is 0 Å². The van der Waals surface area contributed by atoms with E-state index in [0.717, 1.165) is 23.8 Å². The van der Waals surface area contributed by atoms with Crippen molar-refractivity contribution in [2.45, 2.75) is 46.5 Å². The lowest BCUT2D eigenvalue weighted by atomic mass is 9.65. The van der Waals surface area contributed by atoms with E-state index in [2.05, 4.69) is 39.0 Å². The summed E-state index contributed by atoms with van der Waals surface area (Å²) < 4.78 is 10.9. The Morgan fingerprint density at radius 2 is 1.95 bits per heavy atom. The molecule has 0 spiro atoms. The third-order valence-corrected chi connectivity index (χ3v) is 6.56. The van der Waals surface area contributed by atoms with Crippen LogP contribution in [-0.2, 0) is 6.42 Å². The molecule has 2 atom stereocenters. The zero-order valence-electron chi connectivity index (χ0n) is 12.7. The molecule has 1 aliphatic heterocycles. The molecule has 2 nitrogen and oxygen atoms in total. The Hall–Kier alpha value is -1.18. The summed E-state index contributed by atoms with van der Waals surface area (Å²) >= 11 is 0. The molecule has 20 heavy (non-hydrogen) atoms. The van der Waals surface area contributed by atoms with E-state index < -0.39 is 0 Å². The number of fused-ring (bicyclic) bond motifs is 3. The molecular weight excluding hydrogens is 248 g/mol. The van der Waals surface area contributed by atoms with Crippen LogP contribution in [0, 0.1) is 22.7 Å². The number of rotatable bonds is 2. The minimum atomic E-state index is 0.363. The van der Waals surface area contributed by atoms with Gasteiger partial charge >= 0.3 is 0 Å². The van der Waals surface area contributed by atoms with Crippen molar-refractivity contribution in [2.24, 2.45) is 16.7 Å². The van der Waals surface area contributed by atoms with Gasteiger partial charge in [0.15, 0.2) is 11.5 Å². The molecule has 2 aliphatic carbocycles. The van der Waals surface area contributed by atoms with Crippen LogP contribution in [0.25, 0.3) is 0 Å². The highest BCUT2D eigenvalue weighted by Gasteiger charge is 2.61. The van der Waals surface area contributed by atoms with E-state index in [9.17, 15) is 0 Å². The van der Waals surface area contributed by atoms with Crippen molar-refractivity contribution in [3.05, 3.63) is 29.7 Å². The van der Waals surface area contributed by atoms with Crippen molar-refractivity contribution in [1.82, 2.24) is 0 Å². The molecule has 2 bridgehead atoms. The average molecular weight is 271 g/mol. The first-order valence-electron chi connectivity index (χ1n) is 7.74. The largest absolute Gasteiger partial charge is 0.454 e. The minimum Gasteiger partial charge on any atom is -0.454 e. The van der Waals surface area contributed by atoms with Crippen LogP contribution in [0.3, 0.4) is 0 Å². The summed E-state index contributed by atoms with van der Waals surface area (Å²) in [4.78, 5) is 0. The van der Waals surface area contributed by atoms with Gasteiger partial charge in [-0.1, -0.05) is 26.8 Å². The molecule has 107 valence electrons. The van der Waals surface area contributed by atoms with Crippen LogP contribution in [-0.4, -0.2) is 6.79 Å². The van der Waals surface area contributed by atoms with Gasteiger partial charge in [0.2, 0.25) is 6.79 Å². The zero-order chi connectivity index (χ0) is 14.0. The summed E-state index contributed by atoms with van der Waals surface area (Å²) in [6.07, 6.45) is 5.20. The SMILES string of the molecule is CC12CCC(C[C]1Cc1ccc3c(c1)OCO3)C2(C)C. The van der Waals surface area contributed by atoms with E-state index in [4.69, 9.17) is 9.47 Å². The second kappa shape index (κ2) is 3.93. The third-order valence-electron chi connectivity index (χ3n) is 6.56. The molecule has 0 saturated heterocycles. The molecule has 1 heterocycles. The van der Waals surface area contributed by atoms with Gasteiger partial charge in [0.1, 0.15) is 0 Å². The van der Waals surface area contributed by atoms with Gasteiger partial charge in [0.25, 0.3) is 0 Å². The van der Waals surface area contributed by atoms with Crippen molar-refractivity contribution in [1.29, 1.82) is 0 Å². The maximum absolute atomic E-state index is 5.50. The van der Waals surface area contributed by atoms with Gasteiger partial charge in [-0.2, -0.15) is 0 Å². The lowest BCUT2D eigenvalue weighted by Crippen LogP contribution is -2.32. The van der Waals surface area contributed by atoms with Gasteiger partial charge in [-0.15, -0.1) is 0 Å². The van der Waals surface area contributed by atoms with Crippen molar-refractivity contribution in [2.75, 3.05) is 6.79 Å². The summed E-state index contributed by atoms with van der Waals surface area (Å²) in [5.74, 6) is 4.43. The Balaban J connectivity index is 1.59. The van der Waals surface area contributed by atoms with E-state index in [1.54, 1.807) is 5.92 Å². The maximum atomic E-state index is 5.50. The van der Waals surface area contributed by atoms with Crippen LogP contribution in [0.2, 0.25) is 0 Å². The monoisotopic (exact) mass is 271 g/mol. The molecular formula is C18H23O2. The number of hydrogen-bond acceptors (Lipinski definition) is 2. The van der Waals surface area contributed by atoms with Crippen LogP contribution >= 0.6 is 0 Å². The van der Waals surface area contributed by atoms with E-state index in [1.807, 2.05) is 0 Å². The van der Waals surface area contributed by atoms with Crippen LogP contribution in [0.4, 0.5) is 0 Å². The second-order valence-corrected chi connectivity index (χ2v) is 7.46. The maximum Gasteiger partial charge on any atom is 0.231 e. The Kier molecular flexibility index (Phi) is 2.47. The van der Waals surface area contributed by atoms with Crippen molar-refractivity contribution in [3.8, 4) is 11.5 Å². The molecule has 1 aromatic carbocycles. The molecule has 0 N–H and O–H groups in total. The van der Waals surface area contributed by atoms with Gasteiger partial charge in [0, 0.05) is 0 Å². The molecule has 4 rings (SSSR count). The second-order valence-electron chi connectivity index (χ2n) is 7.46. The highest BCUT2D eigenvalue weighted by Crippen LogP contribution is 2.69. The molecule has 0 amide bonds. The van der Waals surface area contributed by atoms with Crippen LogP contribution in [0.5, 0.6) is 11.5 Å². The van der Waals surface area contributed by atoms with Gasteiger partial charge < -0.3 is 9.47 Å². The smallest absolute Gasteiger partial charge is 0.231 e. The summed E-state index contributed by atoms with van der Waals surface area (Å²) in [5.41, 5.74) is 2.26.